The molecule has 0 saturated carbocycles. The molecule has 0 saturated heterocycles. The van der Waals surface area contributed by atoms with Crippen LogP contribution in [0.2, 0.25) is 0 Å². The lowest BCUT2D eigenvalue weighted by Gasteiger charge is -2.31. The molecule has 0 aliphatic heterocycles. The molecule has 0 spiro atoms. The molecule has 1 unspecified atom stereocenters. The van der Waals surface area contributed by atoms with Gasteiger partial charge < -0.3 is 5.11 Å². The van der Waals surface area contributed by atoms with Crippen LogP contribution >= 0.6 is 0 Å². The fourth-order valence-electron chi connectivity index (χ4n) is 1.38. The van der Waals surface area contributed by atoms with Gasteiger partial charge in [-0.15, -0.1) is 0 Å². The van der Waals surface area contributed by atoms with Crippen LogP contribution in [0.5, 0.6) is 0 Å². The minimum absolute atomic E-state index is 0.0997. The summed E-state index contributed by atoms with van der Waals surface area (Å²) in [6.07, 6.45) is 4.13. The van der Waals surface area contributed by atoms with Crippen molar-refractivity contribution in [1.82, 2.24) is 0 Å². The zero-order valence-corrected chi connectivity index (χ0v) is 9.93. The van der Waals surface area contributed by atoms with Crippen molar-refractivity contribution in [3.8, 4) is 0 Å². The summed E-state index contributed by atoms with van der Waals surface area (Å²) in [5.74, 6) is 0.642. The highest BCUT2D eigenvalue weighted by atomic mass is 16.3. The van der Waals surface area contributed by atoms with Gasteiger partial charge in [0.2, 0.25) is 0 Å². The Bertz CT molecular complexity index is 127. The van der Waals surface area contributed by atoms with Gasteiger partial charge in [0, 0.05) is 0 Å². The van der Waals surface area contributed by atoms with E-state index in [2.05, 4.69) is 34.6 Å². The Hall–Kier alpha value is -0.0400. The molecule has 0 bridgehead atoms. The molecule has 0 aromatic carbocycles. The van der Waals surface area contributed by atoms with E-state index in [4.69, 9.17) is 0 Å². The summed E-state index contributed by atoms with van der Waals surface area (Å²) in [6, 6.07) is 0. The quantitative estimate of drug-likeness (QED) is 0.672. The molecule has 0 heterocycles. The Morgan fingerprint density at radius 1 is 1.23 bits per heavy atom. The molecule has 1 nitrogen and oxygen atoms in total. The van der Waals surface area contributed by atoms with Gasteiger partial charge in [0.05, 0.1) is 6.10 Å². The summed E-state index contributed by atoms with van der Waals surface area (Å²) >= 11 is 0. The number of unbranched alkanes of at least 4 members (excludes halogenated alkanes) is 1. The Balaban J connectivity index is 3.82. The highest BCUT2D eigenvalue weighted by Gasteiger charge is 2.25. The van der Waals surface area contributed by atoms with E-state index in [0.29, 0.717) is 5.92 Å². The number of rotatable bonds is 6. The maximum Gasteiger partial charge on any atom is 0.0545 e. The molecule has 0 aromatic heterocycles. The third-order valence-electron chi connectivity index (χ3n) is 3.22. The van der Waals surface area contributed by atoms with E-state index in [0.717, 1.165) is 19.3 Å². The van der Waals surface area contributed by atoms with E-state index in [-0.39, 0.29) is 11.5 Å². The van der Waals surface area contributed by atoms with Gasteiger partial charge in [0.1, 0.15) is 0 Å². The topological polar surface area (TPSA) is 20.2 Å². The van der Waals surface area contributed by atoms with E-state index in [1.165, 1.54) is 6.42 Å². The lowest BCUT2D eigenvalue weighted by molar-refractivity contribution is 0.0810. The lowest BCUT2D eigenvalue weighted by atomic mass is 9.76. The molecule has 0 fully saturated rings. The summed E-state index contributed by atoms with van der Waals surface area (Å²) in [5, 5.41) is 9.76. The first kappa shape index (κ1) is 13.0. The molecule has 0 radical (unpaired) electrons. The van der Waals surface area contributed by atoms with Crippen molar-refractivity contribution in [2.45, 2.75) is 66.4 Å². The van der Waals surface area contributed by atoms with Crippen LogP contribution in [0.4, 0.5) is 0 Å². The fraction of sp³-hybridized carbons (Fsp3) is 1.00. The summed E-state index contributed by atoms with van der Waals surface area (Å²) in [5.41, 5.74) is 0.271. The molecule has 80 valence electrons. The predicted molar refractivity (Wildman–Crippen MR) is 58.8 cm³/mol. The number of hydrogen-bond donors (Lipinski definition) is 1. The second-order valence-electron chi connectivity index (χ2n) is 5.14. The van der Waals surface area contributed by atoms with Gasteiger partial charge >= 0.3 is 0 Å². The van der Waals surface area contributed by atoms with Crippen molar-refractivity contribution < 1.29 is 5.11 Å². The molecule has 0 aliphatic rings. The summed E-state index contributed by atoms with van der Waals surface area (Å²) in [7, 11) is 0. The number of aliphatic hydroxyl groups excluding tert-OH is 1. The van der Waals surface area contributed by atoms with Crippen molar-refractivity contribution in [3.05, 3.63) is 0 Å². The zero-order chi connectivity index (χ0) is 10.5. The normalized spacial score (nSPS) is 15.0. The zero-order valence-electron chi connectivity index (χ0n) is 9.93. The van der Waals surface area contributed by atoms with E-state index in [1.807, 2.05) is 0 Å². The maximum atomic E-state index is 9.76. The molecular formula is C12H26O. The van der Waals surface area contributed by atoms with Crippen LogP contribution in [-0.4, -0.2) is 11.2 Å². The van der Waals surface area contributed by atoms with Crippen molar-refractivity contribution in [3.63, 3.8) is 0 Å². The number of aliphatic hydroxyl groups is 1. The molecular weight excluding hydrogens is 160 g/mol. The van der Waals surface area contributed by atoms with Gasteiger partial charge in [-0.3, -0.25) is 0 Å². The Labute approximate surface area is 83.5 Å². The molecule has 1 heteroatoms. The predicted octanol–water partition coefficient (Wildman–Crippen LogP) is 3.61. The van der Waals surface area contributed by atoms with Gasteiger partial charge in [0.15, 0.2) is 0 Å². The lowest BCUT2D eigenvalue weighted by Crippen LogP contribution is -2.25. The van der Waals surface area contributed by atoms with Gasteiger partial charge in [-0.2, -0.15) is 0 Å². The average Bonchev–Trinajstić information content (AvgIpc) is 1.99. The van der Waals surface area contributed by atoms with Gasteiger partial charge in [0.25, 0.3) is 0 Å². The maximum absolute atomic E-state index is 9.76. The summed E-state index contributed by atoms with van der Waals surface area (Å²) in [4.78, 5) is 0. The molecule has 1 atom stereocenters. The van der Waals surface area contributed by atoms with Gasteiger partial charge in [-0.1, -0.05) is 47.5 Å². The largest absolute Gasteiger partial charge is 0.393 e. The minimum atomic E-state index is -0.0997. The third-order valence-corrected chi connectivity index (χ3v) is 3.22. The van der Waals surface area contributed by atoms with Crippen molar-refractivity contribution >= 4 is 0 Å². The minimum Gasteiger partial charge on any atom is -0.393 e. The van der Waals surface area contributed by atoms with Crippen LogP contribution in [0.15, 0.2) is 0 Å². The summed E-state index contributed by atoms with van der Waals surface area (Å²) < 4.78 is 0. The third kappa shape index (κ3) is 5.30. The van der Waals surface area contributed by atoms with Crippen LogP contribution in [0.25, 0.3) is 0 Å². The van der Waals surface area contributed by atoms with Crippen molar-refractivity contribution in [1.29, 1.82) is 0 Å². The van der Waals surface area contributed by atoms with Crippen LogP contribution in [0, 0.1) is 11.3 Å². The number of hydrogen-bond acceptors (Lipinski definition) is 1. The summed E-state index contributed by atoms with van der Waals surface area (Å²) in [6.45, 7) is 11.1. The van der Waals surface area contributed by atoms with E-state index >= 15 is 0 Å². The van der Waals surface area contributed by atoms with Crippen molar-refractivity contribution in [2.24, 2.45) is 11.3 Å². The smallest absolute Gasteiger partial charge is 0.0545 e. The first-order valence-electron chi connectivity index (χ1n) is 5.58. The van der Waals surface area contributed by atoms with E-state index in [9.17, 15) is 5.11 Å². The second-order valence-corrected chi connectivity index (χ2v) is 5.14. The molecule has 0 aromatic rings. The molecule has 1 N–H and O–H groups in total. The van der Waals surface area contributed by atoms with E-state index in [1.54, 1.807) is 0 Å². The van der Waals surface area contributed by atoms with Gasteiger partial charge in [-0.05, 0) is 24.2 Å². The van der Waals surface area contributed by atoms with Crippen LogP contribution in [-0.2, 0) is 0 Å². The van der Waals surface area contributed by atoms with Crippen LogP contribution in [0.3, 0.4) is 0 Å². The first-order valence-corrected chi connectivity index (χ1v) is 5.58. The molecule has 13 heavy (non-hydrogen) atoms. The Morgan fingerprint density at radius 3 is 2.15 bits per heavy atom. The fourth-order valence-corrected chi connectivity index (χ4v) is 1.38. The standard InChI is InChI=1S/C12H26O/c1-6-7-8-11(13)9-12(4,5)10(2)3/h10-11,13H,6-9H2,1-5H3. The first-order chi connectivity index (χ1) is 5.90. The van der Waals surface area contributed by atoms with Crippen LogP contribution in [0.1, 0.15) is 60.3 Å². The van der Waals surface area contributed by atoms with Crippen molar-refractivity contribution in [2.75, 3.05) is 0 Å². The van der Waals surface area contributed by atoms with Crippen LogP contribution < -0.4 is 0 Å². The molecule has 0 aliphatic carbocycles. The van der Waals surface area contributed by atoms with Gasteiger partial charge in [-0.25, -0.2) is 0 Å². The Morgan fingerprint density at radius 2 is 1.77 bits per heavy atom. The molecule has 0 rings (SSSR count). The van der Waals surface area contributed by atoms with E-state index < -0.39 is 0 Å². The monoisotopic (exact) mass is 186 g/mol. The Kier molecular flexibility index (Phi) is 5.62. The average molecular weight is 186 g/mol. The highest BCUT2D eigenvalue weighted by molar-refractivity contribution is 4.75. The SMILES string of the molecule is CCCCC(O)CC(C)(C)C(C)C. The molecule has 0 amide bonds. The highest BCUT2D eigenvalue weighted by Crippen LogP contribution is 2.32. The second kappa shape index (κ2) is 5.64.